The zero-order valence-corrected chi connectivity index (χ0v) is 21.2. The predicted octanol–water partition coefficient (Wildman–Crippen LogP) is 6.09. The monoisotopic (exact) mass is 437 g/mol. The van der Waals surface area contributed by atoms with Crippen molar-refractivity contribution in [1.29, 1.82) is 0 Å². The largest absolute Gasteiger partial charge is 0.746 e. The van der Waals surface area contributed by atoms with Crippen molar-refractivity contribution in [2.24, 2.45) is 0 Å². The molecule has 0 aliphatic heterocycles. The zero-order valence-electron chi connectivity index (χ0n) is 20.4. The molecule has 0 saturated carbocycles. The Hall–Kier alpha value is -0.170. The molecule has 6 heteroatoms. The van der Waals surface area contributed by atoms with Crippen molar-refractivity contribution in [3.05, 3.63) is 0 Å². The topological polar surface area (TPSA) is 66.4 Å². The number of unbranched alkanes of at least 4 members (excludes halogenated alkanes) is 4. The summed E-state index contributed by atoms with van der Waals surface area (Å²) in [5, 5.41) is 0. The van der Waals surface area contributed by atoms with Gasteiger partial charge >= 0.3 is 0 Å². The molecule has 1 unspecified atom stereocenters. The molecule has 0 saturated heterocycles. The first-order valence-electron chi connectivity index (χ1n) is 12.2. The molecule has 0 aromatic heterocycles. The van der Waals surface area contributed by atoms with Crippen LogP contribution in [0.2, 0.25) is 0 Å². The molecule has 0 aliphatic carbocycles. The van der Waals surface area contributed by atoms with Gasteiger partial charge in [-0.3, -0.25) is 0 Å². The predicted molar refractivity (Wildman–Crippen MR) is 124 cm³/mol. The SMILES string of the molecule is CCCC[N+](CCCC)(CCCC)CCCC.CCCOC(CCC)S(=O)(=O)[O-]. The van der Waals surface area contributed by atoms with Crippen LogP contribution in [-0.2, 0) is 14.9 Å². The lowest BCUT2D eigenvalue weighted by Crippen LogP contribution is -2.50. The van der Waals surface area contributed by atoms with Crippen molar-refractivity contribution in [2.75, 3.05) is 32.8 Å². The van der Waals surface area contributed by atoms with Crippen LogP contribution in [0, 0.1) is 0 Å². The summed E-state index contributed by atoms with van der Waals surface area (Å²) in [4.78, 5) is 0. The highest BCUT2D eigenvalue weighted by Crippen LogP contribution is 2.16. The summed E-state index contributed by atoms with van der Waals surface area (Å²) >= 11 is 0. The van der Waals surface area contributed by atoms with Crippen LogP contribution in [0.4, 0.5) is 0 Å². The van der Waals surface area contributed by atoms with Gasteiger partial charge in [0, 0.05) is 6.61 Å². The van der Waals surface area contributed by atoms with Gasteiger partial charge in [-0.25, -0.2) is 8.42 Å². The smallest absolute Gasteiger partial charge is 0.147 e. The average molecular weight is 438 g/mol. The lowest BCUT2D eigenvalue weighted by Gasteiger charge is -2.39. The van der Waals surface area contributed by atoms with Gasteiger partial charge in [-0.05, 0) is 38.5 Å². The van der Waals surface area contributed by atoms with Gasteiger partial charge in [0.2, 0.25) is 0 Å². The summed E-state index contributed by atoms with van der Waals surface area (Å²) in [6, 6.07) is 0. The van der Waals surface area contributed by atoms with E-state index >= 15 is 0 Å². The molecule has 0 N–H and O–H groups in total. The molecule has 0 aliphatic rings. The van der Waals surface area contributed by atoms with Crippen molar-refractivity contribution in [1.82, 2.24) is 0 Å². The molecule has 0 aromatic rings. The summed E-state index contributed by atoms with van der Waals surface area (Å²) in [6.07, 6.45) is 12.7. The van der Waals surface area contributed by atoms with Gasteiger partial charge in [-0.1, -0.05) is 73.6 Å². The number of quaternary nitrogens is 1. The van der Waals surface area contributed by atoms with Gasteiger partial charge < -0.3 is 13.8 Å². The van der Waals surface area contributed by atoms with Crippen LogP contribution in [0.25, 0.3) is 0 Å². The first kappa shape index (κ1) is 31.0. The highest BCUT2D eigenvalue weighted by Gasteiger charge is 2.24. The minimum atomic E-state index is -4.27. The molecule has 0 bridgehead atoms. The molecule has 1 atom stereocenters. The van der Waals surface area contributed by atoms with Crippen LogP contribution in [-0.4, -0.2) is 55.7 Å². The Morgan fingerprint density at radius 3 is 1.31 bits per heavy atom. The van der Waals surface area contributed by atoms with E-state index < -0.39 is 15.6 Å². The average Bonchev–Trinajstić information content (AvgIpc) is 2.69. The maximum atomic E-state index is 10.5. The second kappa shape index (κ2) is 19.8. The summed E-state index contributed by atoms with van der Waals surface area (Å²) in [5.74, 6) is 0. The van der Waals surface area contributed by atoms with Crippen LogP contribution in [0.15, 0.2) is 0 Å². The van der Waals surface area contributed by atoms with Crippen LogP contribution < -0.4 is 0 Å². The normalized spacial score (nSPS) is 13.1. The third kappa shape index (κ3) is 17.2. The quantitative estimate of drug-likeness (QED) is 0.192. The Morgan fingerprint density at radius 2 is 1.07 bits per heavy atom. The first-order chi connectivity index (χ1) is 13.8. The summed E-state index contributed by atoms with van der Waals surface area (Å²) in [6.45, 7) is 19.0. The molecule has 0 rings (SSSR count). The second-order valence-corrected chi connectivity index (χ2v) is 9.74. The van der Waals surface area contributed by atoms with Crippen LogP contribution in [0.3, 0.4) is 0 Å². The van der Waals surface area contributed by atoms with E-state index in [1.54, 1.807) is 0 Å². The van der Waals surface area contributed by atoms with Crippen LogP contribution in [0.5, 0.6) is 0 Å². The molecule has 0 spiro atoms. The van der Waals surface area contributed by atoms with Crippen LogP contribution in [0.1, 0.15) is 112 Å². The third-order valence-electron chi connectivity index (χ3n) is 5.30. The number of nitrogens with zero attached hydrogens (tertiary/aromatic N) is 1. The Morgan fingerprint density at radius 1 is 0.690 bits per heavy atom. The van der Waals surface area contributed by atoms with Crippen LogP contribution >= 0.6 is 0 Å². The Bertz CT molecular complexity index is 403. The van der Waals surface area contributed by atoms with E-state index in [1.807, 2.05) is 13.8 Å². The summed E-state index contributed by atoms with van der Waals surface area (Å²) < 4.78 is 38.0. The van der Waals surface area contributed by atoms with Crippen molar-refractivity contribution in [3.8, 4) is 0 Å². The zero-order chi connectivity index (χ0) is 22.6. The maximum absolute atomic E-state index is 10.5. The third-order valence-corrected chi connectivity index (χ3v) is 6.31. The maximum Gasteiger partial charge on any atom is 0.147 e. The summed E-state index contributed by atoms with van der Waals surface area (Å²) in [5.41, 5.74) is -1.15. The number of ether oxygens (including phenoxy) is 1. The Labute approximate surface area is 182 Å². The number of rotatable bonds is 18. The molecular weight excluding hydrogens is 386 g/mol. The fourth-order valence-electron chi connectivity index (χ4n) is 3.44. The van der Waals surface area contributed by atoms with Gasteiger partial charge in [-0.15, -0.1) is 0 Å². The van der Waals surface area contributed by atoms with Gasteiger partial charge in [-0.2, -0.15) is 0 Å². The first-order valence-corrected chi connectivity index (χ1v) is 13.6. The minimum absolute atomic E-state index is 0.284. The number of hydrogen-bond acceptors (Lipinski definition) is 4. The molecule has 0 heterocycles. The van der Waals surface area contributed by atoms with Crippen molar-refractivity contribution < 1.29 is 22.2 Å². The van der Waals surface area contributed by atoms with E-state index in [1.165, 1.54) is 82.0 Å². The van der Waals surface area contributed by atoms with Gasteiger partial charge in [0.15, 0.2) is 0 Å². The molecule has 178 valence electrons. The highest BCUT2D eigenvalue weighted by molar-refractivity contribution is 7.86. The lowest BCUT2D eigenvalue weighted by atomic mass is 10.1. The van der Waals surface area contributed by atoms with E-state index in [0.29, 0.717) is 13.0 Å². The Balaban J connectivity index is 0. The van der Waals surface area contributed by atoms with E-state index in [2.05, 4.69) is 27.7 Å². The lowest BCUT2D eigenvalue weighted by molar-refractivity contribution is -0.929. The molecule has 5 nitrogen and oxygen atoms in total. The van der Waals surface area contributed by atoms with Gasteiger partial charge in [0.1, 0.15) is 15.6 Å². The Kier molecular flexibility index (Phi) is 21.2. The standard InChI is InChI=1S/C16H36N.C7H16O4S/c1-5-9-13-17(14-10-6-2,15-11-7-3)16-12-8-4;1-3-5-7(11-6-4-2)12(8,9)10/h5-16H2,1-4H3;7H,3-6H2,1-2H3,(H,8,9,10)/q+1;/p-1. The van der Waals surface area contributed by atoms with Gasteiger partial charge in [0.05, 0.1) is 26.2 Å². The van der Waals surface area contributed by atoms with Gasteiger partial charge in [0.25, 0.3) is 0 Å². The van der Waals surface area contributed by atoms with E-state index in [9.17, 15) is 13.0 Å². The molecule has 0 fully saturated rings. The van der Waals surface area contributed by atoms with E-state index in [-0.39, 0.29) is 6.42 Å². The molecule has 0 radical (unpaired) electrons. The molecule has 0 amide bonds. The molecule has 0 aromatic carbocycles. The molecular formula is C23H51NO4S. The highest BCUT2D eigenvalue weighted by atomic mass is 32.2. The second-order valence-electron chi connectivity index (χ2n) is 8.23. The van der Waals surface area contributed by atoms with Crippen molar-refractivity contribution in [2.45, 2.75) is 118 Å². The van der Waals surface area contributed by atoms with E-state index in [0.717, 1.165) is 6.42 Å². The number of hydrogen-bond donors (Lipinski definition) is 0. The fraction of sp³-hybridized carbons (Fsp3) is 1.00. The fourth-order valence-corrected chi connectivity index (χ4v) is 4.23. The minimum Gasteiger partial charge on any atom is -0.746 e. The molecule has 29 heavy (non-hydrogen) atoms. The summed E-state index contributed by atoms with van der Waals surface area (Å²) in [7, 11) is -4.27. The van der Waals surface area contributed by atoms with Crippen molar-refractivity contribution >= 4 is 10.1 Å². The van der Waals surface area contributed by atoms with E-state index in [4.69, 9.17) is 4.74 Å². The van der Waals surface area contributed by atoms with Crippen molar-refractivity contribution in [3.63, 3.8) is 0 Å².